The zero-order valence-corrected chi connectivity index (χ0v) is 13.7. The van der Waals surface area contributed by atoms with Gasteiger partial charge in [0, 0.05) is 38.3 Å². The van der Waals surface area contributed by atoms with Gasteiger partial charge in [0.25, 0.3) is 0 Å². The molecule has 0 aromatic rings. The molecule has 0 spiro atoms. The summed E-state index contributed by atoms with van der Waals surface area (Å²) in [6.07, 6.45) is -0.172. The normalized spacial score (nSPS) is 18.9. The lowest BCUT2D eigenvalue weighted by Crippen LogP contribution is -2.50. The van der Waals surface area contributed by atoms with Crippen LogP contribution < -0.4 is 5.32 Å². The van der Waals surface area contributed by atoms with Crippen LogP contribution in [-0.4, -0.2) is 67.3 Å². The summed E-state index contributed by atoms with van der Waals surface area (Å²) < 4.78 is 5.03. The minimum Gasteiger partial charge on any atom is -0.450 e. The van der Waals surface area contributed by atoms with Gasteiger partial charge in [0.05, 0.1) is 6.61 Å². The number of piperazine rings is 1. The smallest absolute Gasteiger partial charge is 0.409 e. The van der Waals surface area contributed by atoms with Gasteiger partial charge in [0.15, 0.2) is 0 Å². The standard InChI is InChI=1S/C15H31N3O2/c1-6-20-14(19)18-9-7-17(8-10-18)12-13(2)11-16-15(3,4)5/h13,16H,6-12H2,1-5H3. The van der Waals surface area contributed by atoms with Gasteiger partial charge in [-0.25, -0.2) is 4.79 Å². The van der Waals surface area contributed by atoms with Gasteiger partial charge >= 0.3 is 6.09 Å². The van der Waals surface area contributed by atoms with Crippen LogP contribution in [0.3, 0.4) is 0 Å². The summed E-state index contributed by atoms with van der Waals surface area (Å²) in [7, 11) is 0. The Balaban J connectivity index is 2.23. The Morgan fingerprint density at radius 1 is 1.25 bits per heavy atom. The van der Waals surface area contributed by atoms with Crippen molar-refractivity contribution in [2.75, 3.05) is 45.9 Å². The van der Waals surface area contributed by atoms with Crippen LogP contribution in [0.4, 0.5) is 4.79 Å². The van der Waals surface area contributed by atoms with Gasteiger partial charge < -0.3 is 15.0 Å². The van der Waals surface area contributed by atoms with Gasteiger partial charge in [-0.05, 0) is 40.2 Å². The largest absolute Gasteiger partial charge is 0.450 e. The van der Waals surface area contributed by atoms with Crippen molar-refractivity contribution >= 4 is 6.09 Å². The van der Waals surface area contributed by atoms with E-state index in [1.54, 1.807) is 4.90 Å². The van der Waals surface area contributed by atoms with E-state index >= 15 is 0 Å². The molecular formula is C15H31N3O2. The number of amides is 1. The first kappa shape index (κ1) is 17.2. The lowest BCUT2D eigenvalue weighted by molar-refractivity contribution is 0.0756. The first-order valence-electron chi connectivity index (χ1n) is 7.71. The molecule has 1 saturated heterocycles. The summed E-state index contributed by atoms with van der Waals surface area (Å²) in [5.41, 5.74) is 0.177. The molecule has 5 nitrogen and oxygen atoms in total. The van der Waals surface area contributed by atoms with Gasteiger partial charge in [-0.2, -0.15) is 0 Å². The number of carbonyl (C=O) groups is 1. The van der Waals surface area contributed by atoms with E-state index in [2.05, 4.69) is 37.9 Å². The quantitative estimate of drug-likeness (QED) is 0.836. The van der Waals surface area contributed by atoms with Crippen molar-refractivity contribution in [1.82, 2.24) is 15.1 Å². The van der Waals surface area contributed by atoms with Crippen molar-refractivity contribution in [1.29, 1.82) is 0 Å². The van der Waals surface area contributed by atoms with Crippen molar-refractivity contribution < 1.29 is 9.53 Å². The molecule has 1 heterocycles. The minimum absolute atomic E-state index is 0.172. The van der Waals surface area contributed by atoms with Crippen LogP contribution in [0.25, 0.3) is 0 Å². The minimum atomic E-state index is -0.172. The van der Waals surface area contributed by atoms with Crippen LogP contribution in [0, 0.1) is 5.92 Å². The molecule has 0 aromatic carbocycles. The van der Waals surface area contributed by atoms with E-state index in [0.717, 1.165) is 39.3 Å². The molecule has 1 unspecified atom stereocenters. The van der Waals surface area contributed by atoms with Crippen LogP contribution in [0.5, 0.6) is 0 Å². The Kier molecular flexibility index (Phi) is 6.76. The molecular weight excluding hydrogens is 254 g/mol. The zero-order chi connectivity index (χ0) is 15.2. The molecule has 0 radical (unpaired) electrons. The summed E-state index contributed by atoms with van der Waals surface area (Å²) in [5, 5.41) is 3.54. The molecule has 1 fully saturated rings. The van der Waals surface area contributed by atoms with Gasteiger partial charge in [-0.1, -0.05) is 6.92 Å². The summed E-state index contributed by atoms with van der Waals surface area (Å²) in [5.74, 6) is 0.614. The Bertz CT molecular complexity index is 294. The number of hydrogen-bond acceptors (Lipinski definition) is 4. The summed E-state index contributed by atoms with van der Waals surface area (Å²) in [6.45, 7) is 16.7. The maximum atomic E-state index is 11.6. The number of nitrogens with zero attached hydrogens (tertiary/aromatic N) is 2. The van der Waals surface area contributed by atoms with Gasteiger partial charge in [-0.3, -0.25) is 4.90 Å². The Morgan fingerprint density at radius 3 is 2.35 bits per heavy atom. The van der Waals surface area contributed by atoms with Crippen molar-refractivity contribution in [2.24, 2.45) is 5.92 Å². The van der Waals surface area contributed by atoms with E-state index < -0.39 is 0 Å². The second-order valence-electron chi connectivity index (χ2n) is 6.72. The molecule has 1 atom stereocenters. The number of rotatable bonds is 5. The molecule has 0 aromatic heterocycles. The summed E-state index contributed by atoms with van der Waals surface area (Å²) in [4.78, 5) is 15.9. The molecule has 20 heavy (non-hydrogen) atoms. The highest BCUT2D eigenvalue weighted by Crippen LogP contribution is 2.08. The van der Waals surface area contributed by atoms with Crippen LogP contribution in [0.1, 0.15) is 34.6 Å². The third-order valence-electron chi connectivity index (χ3n) is 3.45. The summed E-state index contributed by atoms with van der Waals surface area (Å²) in [6, 6.07) is 0. The van der Waals surface area contributed by atoms with Gasteiger partial charge in [0.1, 0.15) is 0 Å². The zero-order valence-electron chi connectivity index (χ0n) is 13.7. The van der Waals surface area contributed by atoms with Gasteiger partial charge in [-0.15, -0.1) is 0 Å². The Labute approximate surface area is 123 Å². The fourth-order valence-corrected chi connectivity index (χ4v) is 2.31. The van der Waals surface area contributed by atoms with E-state index in [4.69, 9.17) is 4.74 Å². The summed E-state index contributed by atoms with van der Waals surface area (Å²) >= 11 is 0. The van der Waals surface area contributed by atoms with E-state index in [1.165, 1.54) is 0 Å². The molecule has 0 bridgehead atoms. The predicted molar refractivity (Wildman–Crippen MR) is 82.0 cm³/mol. The highest BCUT2D eigenvalue weighted by Gasteiger charge is 2.23. The number of nitrogens with one attached hydrogen (secondary N) is 1. The topological polar surface area (TPSA) is 44.8 Å². The molecule has 0 saturated carbocycles. The fourth-order valence-electron chi connectivity index (χ4n) is 2.31. The Morgan fingerprint density at radius 2 is 1.85 bits per heavy atom. The second-order valence-corrected chi connectivity index (χ2v) is 6.72. The van der Waals surface area contributed by atoms with E-state index in [1.807, 2.05) is 6.92 Å². The first-order valence-corrected chi connectivity index (χ1v) is 7.71. The second kappa shape index (κ2) is 7.84. The van der Waals surface area contributed by atoms with Crippen molar-refractivity contribution in [3.8, 4) is 0 Å². The van der Waals surface area contributed by atoms with Crippen LogP contribution in [-0.2, 0) is 4.74 Å². The SMILES string of the molecule is CCOC(=O)N1CCN(CC(C)CNC(C)(C)C)CC1. The van der Waals surface area contributed by atoms with Crippen LogP contribution in [0.15, 0.2) is 0 Å². The molecule has 1 N–H and O–H groups in total. The molecule has 5 heteroatoms. The van der Waals surface area contributed by atoms with Crippen LogP contribution >= 0.6 is 0 Å². The van der Waals surface area contributed by atoms with Crippen molar-refractivity contribution in [3.63, 3.8) is 0 Å². The average molecular weight is 285 g/mol. The number of ether oxygens (including phenoxy) is 1. The Hall–Kier alpha value is -0.810. The third kappa shape index (κ3) is 6.57. The van der Waals surface area contributed by atoms with Crippen molar-refractivity contribution in [3.05, 3.63) is 0 Å². The lowest BCUT2D eigenvalue weighted by Gasteiger charge is -2.35. The molecule has 1 aliphatic rings. The monoisotopic (exact) mass is 285 g/mol. The van der Waals surface area contributed by atoms with Gasteiger partial charge in [0.2, 0.25) is 0 Å². The average Bonchev–Trinajstić information content (AvgIpc) is 2.37. The molecule has 0 aliphatic carbocycles. The van der Waals surface area contributed by atoms with Crippen molar-refractivity contribution in [2.45, 2.75) is 40.2 Å². The highest BCUT2D eigenvalue weighted by atomic mass is 16.6. The molecule has 118 valence electrons. The highest BCUT2D eigenvalue weighted by molar-refractivity contribution is 5.67. The first-order chi connectivity index (χ1) is 9.31. The molecule has 1 aliphatic heterocycles. The third-order valence-corrected chi connectivity index (χ3v) is 3.45. The fraction of sp³-hybridized carbons (Fsp3) is 0.933. The lowest BCUT2D eigenvalue weighted by atomic mass is 10.1. The number of hydrogen-bond donors (Lipinski definition) is 1. The molecule has 1 rings (SSSR count). The molecule has 1 amide bonds. The van der Waals surface area contributed by atoms with Crippen LogP contribution in [0.2, 0.25) is 0 Å². The van der Waals surface area contributed by atoms with E-state index in [9.17, 15) is 4.79 Å². The predicted octanol–water partition coefficient (Wildman–Crippen LogP) is 1.78. The number of carbonyl (C=O) groups excluding carboxylic acids is 1. The van der Waals surface area contributed by atoms with E-state index in [0.29, 0.717) is 12.5 Å². The maximum Gasteiger partial charge on any atom is 0.409 e. The van der Waals surface area contributed by atoms with E-state index in [-0.39, 0.29) is 11.6 Å². The maximum absolute atomic E-state index is 11.6.